The molecule has 2 unspecified atom stereocenters. The zero-order valence-electron chi connectivity index (χ0n) is 12.7. The molecule has 114 valence electrons. The van der Waals surface area contributed by atoms with E-state index < -0.39 is 0 Å². The van der Waals surface area contributed by atoms with E-state index in [1.165, 1.54) is 5.56 Å². The third kappa shape index (κ3) is 3.76. The van der Waals surface area contributed by atoms with Gasteiger partial charge < -0.3 is 9.15 Å². The number of rotatable bonds is 7. The van der Waals surface area contributed by atoms with E-state index in [1.807, 2.05) is 25.1 Å². The summed E-state index contributed by atoms with van der Waals surface area (Å²) in [5.41, 5.74) is 1.20. The van der Waals surface area contributed by atoms with Crippen LogP contribution in [0.15, 0.2) is 28.7 Å². The molecule has 1 aromatic heterocycles. The highest BCUT2D eigenvalue weighted by Gasteiger charge is 2.20. The monoisotopic (exact) mass is 308 g/mol. The lowest BCUT2D eigenvalue weighted by molar-refractivity contribution is 0.161. The van der Waals surface area contributed by atoms with E-state index in [0.717, 1.165) is 18.6 Å². The molecule has 5 heteroatoms. The summed E-state index contributed by atoms with van der Waals surface area (Å²) < 4.78 is 11.6. The summed E-state index contributed by atoms with van der Waals surface area (Å²) in [4.78, 5) is 0. The second kappa shape index (κ2) is 7.46. The fourth-order valence-electron chi connectivity index (χ4n) is 2.13. The highest BCUT2D eigenvalue weighted by molar-refractivity contribution is 6.16. The molecule has 0 spiro atoms. The molecule has 1 heterocycles. The van der Waals surface area contributed by atoms with Crippen LogP contribution in [0, 0.1) is 0 Å². The fourth-order valence-corrected chi connectivity index (χ4v) is 2.24. The van der Waals surface area contributed by atoms with Crippen molar-refractivity contribution in [2.45, 2.75) is 51.5 Å². The molecule has 0 saturated carbocycles. The van der Waals surface area contributed by atoms with E-state index in [0.29, 0.717) is 17.7 Å². The molecule has 1 aromatic carbocycles. The van der Waals surface area contributed by atoms with E-state index >= 15 is 0 Å². The van der Waals surface area contributed by atoms with E-state index in [1.54, 1.807) is 0 Å². The third-order valence-corrected chi connectivity index (χ3v) is 3.80. The smallest absolute Gasteiger partial charge is 0.257 e. The Hall–Kier alpha value is -1.55. The van der Waals surface area contributed by atoms with Crippen molar-refractivity contribution in [3.63, 3.8) is 0 Å². The summed E-state index contributed by atoms with van der Waals surface area (Å²) in [6.45, 7) is 6.39. The zero-order valence-corrected chi connectivity index (χ0v) is 13.4. The van der Waals surface area contributed by atoms with Gasteiger partial charge in [-0.25, -0.2) is 0 Å². The third-order valence-electron chi connectivity index (χ3n) is 3.57. The highest BCUT2D eigenvalue weighted by Crippen LogP contribution is 2.32. The van der Waals surface area contributed by atoms with Gasteiger partial charge in [-0.15, -0.1) is 21.8 Å². The van der Waals surface area contributed by atoms with Gasteiger partial charge in [0.15, 0.2) is 6.10 Å². The average Bonchev–Trinajstić information content (AvgIpc) is 3.01. The molecule has 2 aromatic rings. The summed E-state index contributed by atoms with van der Waals surface area (Å²) >= 11 is 5.70. The van der Waals surface area contributed by atoms with Gasteiger partial charge in [0.2, 0.25) is 5.89 Å². The molecule has 0 N–H and O–H groups in total. The van der Waals surface area contributed by atoms with E-state index in [-0.39, 0.29) is 12.0 Å². The largest absolute Gasteiger partial charge is 0.480 e. The van der Waals surface area contributed by atoms with E-state index in [2.05, 4.69) is 30.1 Å². The van der Waals surface area contributed by atoms with Crippen molar-refractivity contribution in [2.24, 2.45) is 0 Å². The molecule has 0 aliphatic rings. The van der Waals surface area contributed by atoms with Gasteiger partial charge in [0.05, 0.1) is 0 Å². The van der Waals surface area contributed by atoms with Gasteiger partial charge in [0, 0.05) is 0 Å². The Morgan fingerprint density at radius 3 is 2.57 bits per heavy atom. The normalized spacial score (nSPS) is 13.9. The molecular weight excluding hydrogens is 288 g/mol. The van der Waals surface area contributed by atoms with E-state index in [4.69, 9.17) is 20.8 Å². The van der Waals surface area contributed by atoms with Crippen LogP contribution < -0.4 is 4.74 Å². The van der Waals surface area contributed by atoms with Crippen molar-refractivity contribution < 1.29 is 9.15 Å². The van der Waals surface area contributed by atoms with Gasteiger partial charge >= 0.3 is 0 Å². The summed E-state index contributed by atoms with van der Waals surface area (Å²) in [5, 5.41) is 7.91. The van der Waals surface area contributed by atoms with Crippen molar-refractivity contribution in [1.82, 2.24) is 10.2 Å². The van der Waals surface area contributed by atoms with Crippen molar-refractivity contribution in [3.05, 3.63) is 41.6 Å². The first kappa shape index (κ1) is 15.8. The van der Waals surface area contributed by atoms with Crippen molar-refractivity contribution in [2.75, 3.05) is 0 Å². The Labute approximate surface area is 130 Å². The minimum atomic E-state index is -0.250. The number of halogens is 1. The second-order valence-corrected chi connectivity index (χ2v) is 5.30. The number of aromatic nitrogens is 2. The Balaban J connectivity index is 2.22. The Bertz CT molecular complexity index is 571. The Kier molecular flexibility index (Phi) is 5.62. The number of nitrogens with zero attached hydrogens (tertiary/aromatic N) is 2. The molecule has 21 heavy (non-hydrogen) atoms. The van der Waals surface area contributed by atoms with Crippen molar-refractivity contribution in [3.8, 4) is 5.75 Å². The number of ether oxygens (including phenoxy) is 1. The molecule has 4 nitrogen and oxygen atoms in total. The number of hydrogen-bond donors (Lipinski definition) is 0. The first-order valence-electron chi connectivity index (χ1n) is 7.33. The molecule has 0 aliphatic heterocycles. The number of hydrogen-bond acceptors (Lipinski definition) is 4. The Morgan fingerprint density at radius 1 is 1.19 bits per heavy atom. The SMILES string of the molecule is CCC(C)c1ccccc1OC(CC)c1nnc(CCl)o1. The van der Waals surface area contributed by atoms with Crippen LogP contribution >= 0.6 is 11.6 Å². The minimum Gasteiger partial charge on any atom is -0.480 e. The predicted octanol–water partition coefficient (Wildman–Crippen LogP) is 4.85. The summed E-state index contributed by atoms with van der Waals surface area (Å²) in [6, 6.07) is 8.11. The van der Waals surface area contributed by atoms with Gasteiger partial charge in [0.1, 0.15) is 11.6 Å². The molecule has 0 saturated heterocycles. The van der Waals surface area contributed by atoms with Gasteiger partial charge in [-0.1, -0.05) is 39.0 Å². The van der Waals surface area contributed by atoms with Crippen molar-refractivity contribution in [1.29, 1.82) is 0 Å². The lowest BCUT2D eigenvalue weighted by Gasteiger charge is -2.19. The molecule has 0 aliphatic carbocycles. The van der Waals surface area contributed by atoms with Gasteiger partial charge in [-0.2, -0.15) is 0 Å². The molecule has 0 radical (unpaired) electrons. The Morgan fingerprint density at radius 2 is 1.95 bits per heavy atom. The lowest BCUT2D eigenvalue weighted by atomic mass is 9.98. The van der Waals surface area contributed by atoms with Crippen LogP contribution in [0.2, 0.25) is 0 Å². The summed E-state index contributed by atoms with van der Waals surface area (Å²) in [5.74, 6) is 2.44. The first-order valence-corrected chi connectivity index (χ1v) is 7.86. The van der Waals surface area contributed by atoms with Gasteiger partial charge in [-0.3, -0.25) is 0 Å². The quantitative estimate of drug-likeness (QED) is 0.686. The van der Waals surface area contributed by atoms with Gasteiger partial charge in [0.25, 0.3) is 5.89 Å². The molecular formula is C16H21ClN2O2. The molecule has 0 bridgehead atoms. The minimum absolute atomic E-state index is 0.215. The molecule has 0 amide bonds. The van der Waals surface area contributed by atoms with Crippen LogP contribution in [0.1, 0.15) is 63.0 Å². The number of para-hydroxylation sites is 1. The fraction of sp³-hybridized carbons (Fsp3) is 0.500. The standard InChI is InChI=1S/C16H21ClN2O2/c1-4-11(3)12-8-6-7-9-14(12)20-13(5-2)16-19-18-15(10-17)21-16/h6-9,11,13H,4-5,10H2,1-3H3. The second-order valence-electron chi connectivity index (χ2n) is 5.03. The zero-order chi connectivity index (χ0) is 15.2. The van der Waals surface area contributed by atoms with Crippen molar-refractivity contribution >= 4 is 11.6 Å². The number of benzene rings is 1. The maximum Gasteiger partial charge on any atom is 0.257 e. The maximum absolute atomic E-state index is 6.12. The number of alkyl halides is 1. The first-order chi connectivity index (χ1) is 10.2. The lowest BCUT2D eigenvalue weighted by Crippen LogP contribution is -2.09. The summed E-state index contributed by atoms with van der Waals surface area (Å²) in [7, 11) is 0. The van der Waals surface area contributed by atoms with Crippen LogP contribution in [-0.4, -0.2) is 10.2 Å². The molecule has 0 fully saturated rings. The van der Waals surface area contributed by atoms with Crippen LogP contribution in [0.25, 0.3) is 0 Å². The average molecular weight is 309 g/mol. The molecule has 2 rings (SSSR count). The van der Waals surface area contributed by atoms with Crippen LogP contribution in [0.3, 0.4) is 0 Å². The van der Waals surface area contributed by atoms with Crippen LogP contribution in [-0.2, 0) is 5.88 Å². The maximum atomic E-state index is 6.12. The van der Waals surface area contributed by atoms with Gasteiger partial charge in [-0.05, 0) is 30.4 Å². The predicted molar refractivity (Wildman–Crippen MR) is 82.7 cm³/mol. The van der Waals surface area contributed by atoms with Crippen LogP contribution in [0.5, 0.6) is 5.75 Å². The van der Waals surface area contributed by atoms with Crippen LogP contribution in [0.4, 0.5) is 0 Å². The summed E-state index contributed by atoms with van der Waals surface area (Å²) in [6.07, 6.45) is 1.56. The topological polar surface area (TPSA) is 48.2 Å². The van der Waals surface area contributed by atoms with E-state index in [9.17, 15) is 0 Å². The molecule has 2 atom stereocenters. The highest BCUT2D eigenvalue weighted by atomic mass is 35.5.